The Hall–Kier alpha value is -3.00. The van der Waals surface area contributed by atoms with Gasteiger partial charge in [0.05, 0.1) is 0 Å². The van der Waals surface area contributed by atoms with E-state index in [0.29, 0.717) is 12.2 Å². The van der Waals surface area contributed by atoms with E-state index in [1.54, 1.807) is 37.4 Å². The first-order chi connectivity index (χ1) is 18.8. The Balaban J connectivity index is 2.07. The minimum absolute atomic E-state index is 0.0979. The maximum Gasteiger partial charge on any atom is 0.408 e. The third kappa shape index (κ3) is 8.26. The molecule has 218 valence electrons. The normalized spacial score (nSPS) is 15.0. The van der Waals surface area contributed by atoms with Crippen molar-refractivity contribution in [3.8, 4) is 0 Å². The monoisotopic (exact) mass is 567 g/mol. The number of carbonyl (C=O) groups excluding carboxylic acids is 3. The van der Waals surface area contributed by atoms with E-state index in [-0.39, 0.29) is 17.9 Å². The molecule has 1 aliphatic carbocycles. The fourth-order valence-electron chi connectivity index (χ4n) is 5.11. The molecule has 0 heterocycles. The molecule has 0 bridgehead atoms. The topological polar surface area (TPSA) is 87.7 Å². The van der Waals surface area contributed by atoms with Crippen LogP contribution in [0.5, 0.6) is 0 Å². The van der Waals surface area contributed by atoms with E-state index in [1.165, 1.54) is 0 Å². The predicted molar refractivity (Wildman–Crippen MR) is 164 cm³/mol. The summed E-state index contributed by atoms with van der Waals surface area (Å²) in [5.74, 6) is 0.155. The second-order valence-corrected chi connectivity index (χ2v) is 12.9. The SMILES string of the molecule is CSCCC(NC(=O)OC(C)(C)C)C(=O)N(C1CCC1)C(C(=O)Nc1c(C)cccc1C)c1cc(C)cc(C)c1. The second-order valence-electron chi connectivity index (χ2n) is 11.9. The highest BCUT2D eigenvalue weighted by Gasteiger charge is 2.42. The molecule has 3 amide bonds. The summed E-state index contributed by atoms with van der Waals surface area (Å²) >= 11 is 1.61. The minimum Gasteiger partial charge on any atom is -0.444 e. The average Bonchev–Trinajstić information content (AvgIpc) is 2.80. The van der Waals surface area contributed by atoms with Crippen molar-refractivity contribution >= 4 is 35.4 Å². The van der Waals surface area contributed by atoms with Crippen LogP contribution in [0.2, 0.25) is 0 Å². The molecule has 2 aromatic rings. The number of para-hydroxylation sites is 1. The number of rotatable bonds is 10. The Morgan fingerprint density at radius 3 is 2.12 bits per heavy atom. The molecule has 7 nitrogen and oxygen atoms in total. The minimum atomic E-state index is -0.854. The lowest BCUT2D eigenvalue weighted by Gasteiger charge is -2.43. The zero-order valence-corrected chi connectivity index (χ0v) is 26.0. The van der Waals surface area contributed by atoms with Crippen molar-refractivity contribution in [2.24, 2.45) is 0 Å². The van der Waals surface area contributed by atoms with Gasteiger partial charge in [0.15, 0.2) is 0 Å². The number of ether oxygens (including phenoxy) is 1. The van der Waals surface area contributed by atoms with E-state index in [0.717, 1.165) is 52.8 Å². The van der Waals surface area contributed by atoms with E-state index in [9.17, 15) is 14.4 Å². The summed E-state index contributed by atoms with van der Waals surface area (Å²) in [6.07, 6.45) is 4.37. The molecule has 0 spiro atoms. The third-order valence-electron chi connectivity index (χ3n) is 7.14. The number of benzene rings is 2. The molecule has 0 saturated heterocycles. The predicted octanol–water partition coefficient (Wildman–Crippen LogP) is 6.63. The molecule has 3 rings (SSSR count). The number of hydrogen-bond donors (Lipinski definition) is 2. The van der Waals surface area contributed by atoms with Gasteiger partial charge in [-0.3, -0.25) is 9.59 Å². The number of amides is 3. The maximum atomic E-state index is 14.4. The summed E-state index contributed by atoms with van der Waals surface area (Å²) in [6.45, 7) is 13.3. The Labute approximate surface area is 243 Å². The summed E-state index contributed by atoms with van der Waals surface area (Å²) in [6, 6.07) is 10.2. The average molecular weight is 568 g/mol. The molecule has 2 unspecified atom stereocenters. The number of nitrogens with zero attached hydrogens (tertiary/aromatic N) is 1. The van der Waals surface area contributed by atoms with E-state index < -0.39 is 23.8 Å². The number of hydrogen-bond acceptors (Lipinski definition) is 5. The lowest BCUT2D eigenvalue weighted by molar-refractivity contribution is -0.145. The number of aryl methyl sites for hydroxylation is 4. The van der Waals surface area contributed by atoms with Gasteiger partial charge in [-0.25, -0.2) is 4.79 Å². The number of nitrogens with one attached hydrogen (secondary N) is 2. The summed E-state index contributed by atoms with van der Waals surface area (Å²) in [5.41, 5.74) is 4.78. The molecule has 2 atom stereocenters. The smallest absolute Gasteiger partial charge is 0.408 e. The van der Waals surface area contributed by atoms with Crippen LogP contribution >= 0.6 is 11.8 Å². The van der Waals surface area contributed by atoms with Crippen LogP contribution in [0.1, 0.15) is 80.3 Å². The molecular weight excluding hydrogens is 522 g/mol. The highest BCUT2D eigenvalue weighted by Crippen LogP contribution is 2.36. The van der Waals surface area contributed by atoms with E-state index >= 15 is 0 Å². The Morgan fingerprint density at radius 2 is 1.62 bits per heavy atom. The Bertz CT molecular complexity index is 1180. The van der Waals surface area contributed by atoms with Crippen LogP contribution in [-0.4, -0.2) is 52.5 Å². The zero-order valence-electron chi connectivity index (χ0n) is 25.2. The van der Waals surface area contributed by atoms with Gasteiger partial charge in [0.2, 0.25) is 5.91 Å². The number of thioether (sulfide) groups is 1. The fourth-order valence-corrected chi connectivity index (χ4v) is 5.59. The fraction of sp³-hybridized carbons (Fsp3) is 0.531. The number of carbonyl (C=O) groups is 3. The van der Waals surface area contributed by atoms with Crippen LogP contribution < -0.4 is 10.6 Å². The standard InChI is InChI=1S/C32H45N3O4S/c1-20-17-21(2)19-24(18-20)28(29(36)34-27-22(3)11-9-12-23(27)4)35(25-13-10-14-25)30(37)26(15-16-40-8)33-31(38)39-32(5,6)7/h9,11-12,17-19,25-26,28H,10,13-16H2,1-8H3,(H,33,38)(H,34,36). The van der Waals surface area contributed by atoms with Crippen LogP contribution in [0, 0.1) is 27.7 Å². The molecule has 0 radical (unpaired) electrons. The van der Waals surface area contributed by atoms with Gasteiger partial charge in [-0.1, -0.05) is 47.5 Å². The zero-order chi connectivity index (χ0) is 29.6. The van der Waals surface area contributed by atoms with Crippen molar-refractivity contribution in [2.45, 2.75) is 97.9 Å². The van der Waals surface area contributed by atoms with Gasteiger partial charge in [0, 0.05) is 11.7 Å². The summed E-state index contributed by atoms with van der Waals surface area (Å²) < 4.78 is 5.50. The second kappa shape index (κ2) is 13.6. The molecule has 0 aromatic heterocycles. The first-order valence-electron chi connectivity index (χ1n) is 14.1. The summed E-state index contributed by atoms with van der Waals surface area (Å²) in [5, 5.41) is 5.99. The van der Waals surface area contributed by atoms with Gasteiger partial charge >= 0.3 is 6.09 Å². The van der Waals surface area contributed by atoms with Crippen molar-refractivity contribution in [3.05, 3.63) is 64.2 Å². The van der Waals surface area contributed by atoms with Crippen molar-refractivity contribution in [2.75, 3.05) is 17.3 Å². The van der Waals surface area contributed by atoms with Crippen molar-refractivity contribution in [1.82, 2.24) is 10.2 Å². The molecule has 1 fully saturated rings. The van der Waals surface area contributed by atoms with E-state index in [2.05, 4.69) is 16.7 Å². The van der Waals surface area contributed by atoms with E-state index in [4.69, 9.17) is 4.74 Å². The lowest BCUT2D eigenvalue weighted by atomic mass is 9.87. The number of alkyl carbamates (subject to hydrolysis) is 1. The molecule has 8 heteroatoms. The molecule has 1 aliphatic rings. The summed E-state index contributed by atoms with van der Waals surface area (Å²) in [7, 11) is 0. The third-order valence-corrected chi connectivity index (χ3v) is 7.78. The summed E-state index contributed by atoms with van der Waals surface area (Å²) in [4.78, 5) is 43.2. The molecule has 0 aliphatic heterocycles. The molecule has 1 saturated carbocycles. The van der Waals surface area contributed by atoms with Gasteiger partial charge in [-0.2, -0.15) is 11.8 Å². The van der Waals surface area contributed by atoms with E-state index in [1.807, 2.05) is 64.3 Å². The Kier molecular flexibility index (Phi) is 10.7. The highest BCUT2D eigenvalue weighted by molar-refractivity contribution is 7.98. The highest BCUT2D eigenvalue weighted by atomic mass is 32.2. The first kappa shape index (κ1) is 31.5. The Morgan fingerprint density at radius 1 is 1.02 bits per heavy atom. The largest absolute Gasteiger partial charge is 0.444 e. The van der Waals surface area contributed by atoms with Crippen molar-refractivity contribution < 1.29 is 19.1 Å². The van der Waals surface area contributed by atoms with Crippen molar-refractivity contribution in [3.63, 3.8) is 0 Å². The number of anilines is 1. The molecular formula is C32H45N3O4S. The van der Waals surface area contributed by atoms with Gasteiger partial charge in [-0.05, 0) is 103 Å². The quantitative estimate of drug-likeness (QED) is 0.337. The molecule has 2 aromatic carbocycles. The van der Waals surface area contributed by atoms with Gasteiger partial charge in [-0.15, -0.1) is 0 Å². The van der Waals surface area contributed by atoms with Crippen molar-refractivity contribution in [1.29, 1.82) is 0 Å². The lowest BCUT2D eigenvalue weighted by Crippen LogP contribution is -2.57. The van der Waals surface area contributed by atoms with Gasteiger partial charge in [0.25, 0.3) is 5.91 Å². The molecule has 2 N–H and O–H groups in total. The molecule has 40 heavy (non-hydrogen) atoms. The van der Waals surface area contributed by atoms with Crippen LogP contribution in [-0.2, 0) is 14.3 Å². The van der Waals surface area contributed by atoms with Crippen LogP contribution in [0.4, 0.5) is 10.5 Å². The van der Waals surface area contributed by atoms with Gasteiger partial charge in [0.1, 0.15) is 17.7 Å². The first-order valence-corrected chi connectivity index (χ1v) is 15.5. The van der Waals surface area contributed by atoms with Crippen LogP contribution in [0.25, 0.3) is 0 Å². The van der Waals surface area contributed by atoms with Crippen LogP contribution in [0.3, 0.4) is 0 Å². The van der Waals surface area contributed by atoms with Crippen LogP contribution in [0.15, 0.2) is 36.4 Å². The maximum absolute atomic E-state index is 14.4. The van der Waals surface area contributed by atoms with Gasteiger partial charge < -0.3 is 20.3 Å².